The summed E-state index contributed by atoms with van der Waals surface area (Å²) in [5, 5.41) is 10.1. The number of carboxylic acid groups (broad SMARTS) is 1. The Hall–Kier alpha value is -2.39. The summed E-state index contributed by atoms with van der Waals surface area (Å²) in [5.74, 6) is -0.673. The van der Waals surface area contributed by atoms with Crippen molar-refractivity contribution in [1.29, 1.82) is 0 Å². The fourth-order valence-electron chi connectivity index (χ4n) is 5.05. The summed E-state index contributed by atoms with van der Waals surface area (Å²) in [7, 11) is 0. The number of benzene rings is 2. The Balaban J connectivity index is 1.78. The van der Waals surface area contributed by atoms with Crippen molar-refractivity contribution in [2.75, 3.05) is 6.54 Å². The average Bonchev–Trinajstić information content (AvgIpc) is 2.69. The van der Waals surface area contributed by atoms with E-state index in [0.29, 0.717) is 5.92 Å². The van der Waals surface area contributed by atoms with Crippen LogP contribution in [-0.4, -0.2) is 28.1 Å². The zero-order valence-electron chi connectivity index (χ0n) is 15.8. The number of piperidine rings is 1. The first-order valence-corrected chi connectivity index (χ1v) is 9.89. The van der Waals surface area contributed by atoms with Crippen LogP contribution in [0.4, 0.5) is 0 Å². The van der Waals surface area contributed by atoms with E-state index in [2.05, 4.69) is 54.3 Å². The number of hydrogen-bond acceptors (Lipinski definition) is 2. The van der Waals surface area contributed by atoms with Crippen molar-refractivity contribution in [3.63, 3.8) is 0 Å². The summed E-state index contributed by atoms with van der Waals surface area (Å²) < 4.78 is 0. The maximum absolute atomic E-state index is 12.3. The largest absolute Gasteiger partial charge is 0.481 e. The fourth-order valence-corrected chi connectivity index (χ4v) is 5.05. The number of nitrogens with zero attached hydrogens (tertiary/aromatic N) is 1. The first kappa shape index (κ1) is 18.0. The molecular formula is C24H27NO2. The molecule has 2 bridgehead atoms. The molecule has 1 N–H and O–H groups in total. The number of fused-ring (bicyclic) bond motifs is 2. The molecule has 3 atom stereocenters. The maximum atomic E-state index is 12.3. The minimum atomic E-state index is -0.667. The van der Waals surface area contributed by atoms with Gasteiger partial charge in [-0.25, -0.2) is 0 Å². The van der Waals surface area contributed by atoms with Gasteiger partial charge in [0.15, 0.2) is 0 Å². The maximum Gasteiger partial charge on any atom is 0.308 e. The van der Waals surface area contributed by atoms with Crippen molar-refractivity contribution in [1.82, 2.24) is 4.90 Å². The lowest BCUT2D eigenvalue weighted by Gasteiger charge is -2.56. The van der Waals surface area contributed by atoms with Gasteiger partial charge in [0.25, 0.3) is 0 Å². The van der Waals surface area contributed by atoms with Crippen LogP contribution in [0.5, 0.6) is 0 Å². The molecule has 2 aliphatic heterocycles. The number of aliphatic carboxylic acids is 1. The molecule has 0 saturated carbocycles. The summed E-state index contributed by atoms with van der Waals surface area (Å²) in [6.07, 6.45) is 4.83. The van der Waals surface area contributed by atoms with Gasteiger partial charge in [0.1, 0.15) is 0 Å². The van der Waals surface area contributed by atoms with Crippen molar-refractivity contribution in [3.8, 4) is 0 Å². The molecule has 140 valence electrons. The molecule has 1 saturated heterocycles. The smallest absolute Gasteiger partial charge is 0.308 e. The molecule has 2 aromatic rings. The van der Waals surface area contributed by atoms with Gasteiger partial charge in [-0.15, -0.1) is 0 Å². The van der Waals surface area contributed by atoms with Crippen molar-refractivity contribution >= 4 is 5.97 Å². The van der Waals surface area contributed by atoms with Crippen LogP contribution in [0.2, 0.25) is 0 Å². The molecule has 2 heterocycles. The lowest BCUT2D eigenvalue weighted by molar-refractivity contribution is -0.152. The topological polar surface area (TPSA) is 40.5 Å². The van der Waals surface area contributed by atoms with Crippen LogP contribution in [0.1, 0.15) is 30.9 Å². The van der Waals surface area contributed by atoms with Crippen LogP contribution in [0, 0.1) is 11.8 Å². The molecule has 3 nitrogen and oxygen atoms in total. The monoisotopic (exact) mass is 361 g/mol. The highest BCUT2D eigenvalue weighted by Crippen LogP contribution is 2.49. The molecule has 3 aliphatic rings. The molecule has 1 aliphatic carbocycles. The van der Waals surface area contributed by atoms with Crippen LogP contribution in [-0.2, 0) is 17.8 Å². The van der Waals surface area contributed by atoms with Gasteiger partial charge in [-0.2, -0.15) is 0 Å². The van der Waals surface area contributed by atoms with Gasteiger partial charge in [-0.05, 0) is 36.3 Å². The summed E-state index contributed by atoms with van der Waals surface area (Å²) in [5.41, 5.74) is 3.43. The third kappa shape index (κ3) is 3.32. The van der Waals surface area contributed by atoms with E-state index >= 15 is 0 Å². The average molecular weight is 361 g/mol. The molecule has 2 aromatic carbocycles. The molecule has 3 unspecified atom stereocenters. The number of carbonyl (C=O) groups is 1. The van der Waals surface area contributed by atoms with E-state index in [1.807, 2.05) is 24.3 Å². The fraction of sp³-hybridized carbons (Fsp3) is 0.375. The van der Waals surface area contributed by atoms with Crippen LogP contribution in [0.15, 0.2) is 72.3 Å². The van der Waals surface area contributed by atoms with Crippen molar-refractivity contribution in [2.24, 2.45) is 11.8 Å². The number of hydrogen-bond donors (Lipinski definition) is 1. The summed E-state index contributed by atoms with van der Waals surface area (Å²) in [6.45, 7) is 3.94. The van der Waals surface area contributed by atoms with Gasteiger partial charge in [0.2, 0.25) is 0 Å². The third-order valence-electron chi connectivity index (χ3n) is 6.37. The summed E-state index contributed by atoms with van der Waals surface area (Å²) in [6, 6.07) is 20.8. The summed E-state index contributed by atoms with van der Waals surface area (Å²) >= 11 is 0. The quantitative estimate of drug-likeness (QED) is 0.768. The first-order chi connectivity index (χ1) is 13.1. The Morgan fingerprint density at radius 3 is 2.30 bits per heavy atom. The highest BCUT2D eigenvalue weighted by Gasteiger charge is 2.54. The summed E-state index contributed by atoms with van der Waals surface area (Å²) in [4.78, 5) is 14.7. The molecule has 3 heteroatoms. The van der Waals surface area contributed by atoms with Gasteiger partial charge >= 0.3 is 5.97 Å². The molecule has 0 aromatic heterocycles. The highest BCUT2D eigenvalue weighted by atomic mass is 16.4. The predicted molar refractivity (Wildman–Crippen MR) is 107 cm³/mol. The van der Waals surface area contributed by atoms with Crippen molar-refractivity contribution < 1.29 is 9.90 Å². The SMILES string of the molecule is CCC1=CC2(Cc3ccccc3)C(C(=O)O)CC1CN2Cc1ccccc1. The van der Waals surface area contributed by atoms with Crippen LogP contribution < -0.4 is 0 Å². The molecule has 1 fully saturated rings. The molecule has 0 spiro atoms. The normalized spacial score (nSPS) is 27.4. The van der Waals surface area contributed by atoms with Gasteiger partial charge < -0.3 is 5.11 Å². The van der Waals surface area contributed by atoms with E-state index in [0.717, 1.165) is 32.4 Å². The Bertz CT molecular complexity index is 830. The molecule has 0 radical (unpaired) electrons. The standard InChI is InChI=1S/C24H27NO2/c1-2-20-15-24(14-18-9-5-3-6-10-18)22(23(26)27)13-21(20)17-25(24)16-19-11-7-4-8-12-19/h3-12,15,21-22H,2,13-14,16-17H2,1H3,(H,26,27). The molecule has 0 amide bonds. The third-order valence-corrected chi connectivity index (χ3v) is 6.37. The van der Waals surface area contributed by atoms with E-state index in [1.54, 1.807) is 0 Å². The first-order valence-electron chi connectivity index (χ1n) is 9.89. The van der Waals surface area contributed by atoms with Crippen LogP contribution in [0.3, 0.4) is 0 Å². The molecular weight excluding hydrogens is 334 g/mol. The van der Waals surface area contributed by atoms with E-state index in [4.69, 9.17) is 0 Å². The zero-order chi connectivity index (χ0) is 18.9. The highest BCUT2D eigenvalue weighted by molar-refractivity contribution is 5.74. The lowest BCUT2D eigenvalue weighted by Crippen LogP contribution is -2.64. The second kappa shape index (κ2) is 7.32. The minimum absolute atomic E-state index is 0.359. The van der Waals surface area contributed by atoms with E-state index in [9.17, 15) is 9.90 Å². The molecule has 5 rings (SSSR count). The van der Waals surface area contributed by atoms with E-state index in [-0.39, 0.29) is 5.92 Å². The van der Waals surface area contributed by atoms with Gasteiger partial charge in [0, 0.05) is 13.1 Å². The Kier molecular flexibility index (Phi) is 4.88. The predicted octanol–water partition coefficient (Wildman–Crippen LogP) is 4.54. The zero-order valence-corrected chi connectivity index (χ0v) is 15.8. The van der Waals surface area contributed by atoms with Crippen molar-refractivity contribution in [2.45, 2.75) is 38.3 Å². The Labute approximate surface area is 161 Å². The number of carboxylic acids is 1. The Morgan fingerprint density at radius 1 is 1.07 bits per heavy atom. The lowest BCUT2D eigenvalue weighted by atomic mass is 9.62. The van der Waals surface area contributed by atoms with Crippen LogP contribution >= 0.6 is 0 Å². The van der Waals surface area contributed by atoms with Gasteiger partial charge in [-0.3, -0.25) is 9.69 Å². The van der Waals surface area contributed by atoms with Gasteiger partial charge in [-0.1, -0.05) is 79.2 Å². The second-order valence-corrected chi connectivity index (χ2v) is 7.92. The molecule has 27 heavy (non-hydrogen) atoms. The van der Waals surface area contributed by atoms with E-state index < -0.39 is 11.5 Å². The number of rotatable bonds is 6. The van der Waals surface area contributed by atoms with Crippen molar-refractivity contribution in [3.05, 3.63) is 83.4 Å². The van der Waals surface area contributed by atoms with Gasteiger partial charge in [0.05, 0.1) is 11.5 Å². The van der Waals surface area contributed by atoms with E-state index in [1.165, 1.54) is 16.7 Å². The minimum Gasteiger partial charge on any atom is -0.481 e. The Morgan fingerprint density at radius 2 is 1.70 bits per heavy atom. The second-order valence-electron chi connectivity index (χ2n) is 7.92. The van der Waals surface area contributed by atoms with Crippen LogP contribution in [0.25, 0.3) is 0 Å².